The van der Waals surface area contributed by atoms with Crippen LogP contribution in [0.2, 0.25) is 0 Å². The van der Waals surface area contributed by atoms with Crippen LogP contribution in [0.15, 0.2) is 59.5 Å². The molecule has 2 aromatic carbocycles. The molecule has 10 heteroatoms. The van der Waals surface area contributed by atoms with Gasteiger partial charge in [-0.15, -0.1) is 0 Å². The molecule has 4 rings (SSSR count). The van der Waals surface area contributed by atoms with E-state index in [2.05, 4.69) is 10.7 Å². The Morgan fingerprint density at radius 3 is 2.18 bits per heavy atom. The van der Waals surface area contributed by atoms with Crippen molar-refractivity contribution in [3.05, 3.63) is 65.7 Å². The van der Waals surface area contributed by atoms with Gasteiger partial charge in [-0.2, -0.15) is 9.31 Å². The summed E-state index contributed by atoms with van der Waals surface area (Å²) in [5, 5.41) is 3.38. The van der Waals surface area contributed by atoms with Crippen molar-refractivity contribution in [1.82, 2.24) is 20.1 Å². The SMILES string of the molecule is CC[C@@]1(c2ccccc2)NC(=O)N(NC(=O)c2ccc(S(=O)(=O)N3CCCCCC3)cc2)C1=O. The standard InChI is InChI=1S/C24H28N4O5S/c1-2-24(19-10-6-5-7-11-19)22(30)28(23(31)25-24)26-21(29)18-12-14-20(15-13-18)34(32,33)27-16-8-3-4-9-17-27/h5-7,10-15H,2-4,8-9,16-17H2,1H3,(H,25,31)(H,26,29)/t24-/m0/s1. The van der Waals surface area contributed by atoms with Gasteiger partial charge in [-0.1, -0.05) is 50.1 Å². The van der Waals surface area contributed by atoms with E-state index in [1.54, 1.807) is 31.2 Å². The number of amides is 4. The fourth-order valence-corrected chi connectivity index (χ4v) is 5.93. The number of sulfonamides is 1. The van der Waals surface area contributed by atoms with E-state index < -0.39 is 33.4 Å². The van der Waals surface area contributed by atoms with Crippen LogP contribution < -0.4 is 10.7 Å². The van der Waals surface area contributed by atoms with E-state index in [0.29, 0.717) is 30.1 Å². The summed E-state index contributed by atoms with van der Waals surface area (Å²) >= 11 is 0. The number of urea groups is 1. The van der Waals surface area contributed by atoms with Gasteiger partial charge in [-0.05, 0) is 49.1 Å². The number of carbonyl (C=O) groups is 3. The molecule has 180 valence electrons. The molecule has 2 fully saturated rings. The Morgan fingerprint density at radius 2 is 1.59 bits per heavy atom. The predicted octanol–water partition coefficient (Wildman–Crippen LogP) is 2.75. The summed E-state index contributed by atoms with van der Waals surface area (Å²) in [6.45, 7) is 2.74. The van der Waals surface area contributed by atoms with Crippen LogP contribution in [0.3, 0.4) is 0 Å². The third-order valence-corrected chi connectivity index (χ3v) is 8.33. The van der Waals surface area contributed by atoms with Crippen molar-refractivity contribution >= 4 is 27.9 Å². The minimum atomic E-state index is -3.64. The molecule has 0 aromatic heterocycles. The number of hydrogen-bond acceptors (Lipinski definition) is 5. The summed E-state index contributed by atoms with van der Waals surface area (Å²) in [6, 6.07) is 13.6. The molecule has 2 saturated heterocycles. The molecule has 2 aromatic rings. The molecule has 2 N–H and O–H groups in total. The first-order valence-electron chi connectivity index (χ1n) is 11.4. The predicted molar refractivity (Wildman–Crippen MR) is 125 cm³/mol. The number of benzene rings is 2. The second kappa shape index (κ2) is 9.55. The number of nitrogens with one attached hydrogen (secondary N) is 2. The van der Waals surface area contributed by atoms with E-state index in [1.165, 1.54) is 28.6 Å². The lowest BCUT2D eigenvalue weighted by atomic mass is 9.87. The zero-order valence-electron chi connectivity index (χ0n) is 19.0. The summed E-state index contributed by atoms with van der Waals surface area (Å²) < 4.78 is 27.4. The summed E-state index contributed by atoms with van der Waals surface area (Å²) in [5.74, 6) is -1.28. The third kappa shape index (κ3) is 4.30. The first kappa shape index (κ1) is 23.9. The van der Waals surface area contributed by atoms with E-state index in [0.717, 1.165) is 25.7 Å². The van der Waals surface area contributed by atoms with Crippen molar-refractivity contribution in [2.24, 2.45) is 0 Å². The molecule has 2 aliphatic heterocycles. The van der Waals surface area contributed by atoms with Gasteiger partial charge in [-0.25, -0.2) is 13.2 Å². The topological polar surface area (TPSA) is 116 Å². The molecular weight excluding hydrogens is 456 g/mol. The first-order chi connectivity index (χ1) is 16.3. The molecule has 4 amide bonds. The Balaban J connectivity index is 1.50. The maximum atomic E-state index is 13.2. The fourth-order valence-electron chi connectivity index (χ4n) is 4.41. The first-order valence-corrected chi connectivity index (χ1v) is 12.9. The van der Waals surface area contributed by atoms with Crippen molar-refractivity contribution in [3.63, 3.8) is 0 Å². The normalized spacial score (nSPS) is 21.7. The second-order valence-electron chi connectivity index (χ2n) is 8.48. The lowest BCUT2D eigenvalue weighted by Gasteiger charge is -2.25. The van der Waals surface area contributed by atoms with Gasteiger partial charge in [0.15, 0.2) is 0 Å². The largest absolute Gasteiger partial charge is 0.344 e. The summed E-state index contributed by atoms with van der Waals surface area (Å²) in [4.78, 5) is 38.6. The van der Waals surface area contributed by atoms with Crippen LogP contribution in [0.1, 0.15) is 54.9 Å². The molecule has 1 atom stereocenters. The molecule has 0 bridgehead atoms. The fraction of sp³-hybridized carbons (Fsp3) is 0.375. The van der Waals surface area contributed by atoms with Crippen LogP contribution >= 0.6 is 0 Å². The Labute approximate surface area is 199 Å². The molecule has 0 unspecified atom stereocenters. The zero-order valence-corrected chi connectivity index (χ0v) is 19.8. The number of hydrazine groups is 1. The van der Waals surface area contributed by atoms with Crippen molar-refractivity contribution in [2.45, 2.75) is 49.5 Å². The Kier molecular flexibility index (Phi) is 6.72. The highest BCUT2D eigenvalue weighted by atomic mass is 32.2. The number of carbonyl (C=O) groups excluding carboxylic acids is 3. The van der Waals surface area contributed by atoms with Gasteiger partial charge in [0.05, 0.1) is 4.90 Å². The molecule has 2 aliphatic rings. The highest BCUT2D eigenvalue weighted by molar-refractivity contribution is 7.89. The Morgan fingerprint density at radius 1 is 0.971 bits per heavy atom. The van der Waals surface area contributed by atoms with E-state index >= 15 is 0 Å². The molecule has 2 heterocycles. The molecule has 0 radical (unpaired) electrons. The smallest absolute Gasteiger partial charge is 0.318 e. The molecule has 0 spiro atoms. The van der Waals surface area contributed by atoms with Crippen LogP contribution in [0.5, 0.6) is 0 Å². The summed E-state index contributed by atoms with van der Waals surface area (Å²) in [7, 11) is -3.64. The average Bonchev–Trinajstić information content (AvgIpc) is 3.03. The van der Waals surface area contributed by atoms with Gasteiger partial charge >= 0.3 is 6.03 Å². The highest BCUT2D eigenvalue weighted by Gasteiger charge is 2.52. The second-order valence-corrected chi connectivity index (χ2v) is 10.4. The van der Waals surface area contributed by atoms with Gasteiger partial charge in [0.2, 0.25) is 10.0 Å². The highest BCUT2D eigenvalue weighted by Crippen LogP contribution is 2.31. The molecule has 9 nitrogen and oxygen atoms in total. The van der Waals surface area contributed by atoms with Crippen LogP contribution in [-0.4, -0.2) is 48.7 Å². The van der Waals surface area contributed by atoms with Gasteiger partial charge < -0.3 is 5.32 Å². The van der Waals surface area contributed by atoms with Crippen molar-refractivity contribution < 1.29 is 22.8 Å². The number of nitrogens with zero attached hydrogens (tertiary/aromatic N) is 2. The van der Waals surface area contributed by atoms with E-state index in [1.807, 2.05) is 6.07 Å². The van der Waals surface area contributed by atoms with Gasteiger partial charge in [-0.3, -0.25) is 15.0 Å². The lowest BCUT2D eigenvalue weighted by molar-refractivity contribution is -0.133. The van der Waals surface area contributed by atoms with E-state index in [9.17, 15) is 22.8 Å². The number of hydrogen-bond donors (Lipinski definition) is 2. The Bertz CT molecular complexity index is 1180. The molecule has 34 heavy (non-hydrogen) atoms. The van der Waals surface area contributed by atoms with Gasteiger partial charge in [0.25, 0.3) is 11.8 Å². The minimum absolute atomic E-state index is 0.106. The Hall–Kier alpha value is -3.24. The summed E-state index contributed by atoms with van der Waals surface area (Å²) in [5.41, 5.74) is 1.84. The van der Waals surface area contributed by atoms with Crippen LogP contribution in [0.25, 0.3) is 0 Å². The quantitative estimate of drug-likeness (QED) is 0.612. The zero-order chi connectivity index (χ0) is 24.3. The average molecular weight is 485 g/mol. The molecular formula is C24H28N4O5S. The van der Waals surface area contributed by atoms with Crippen molar-refractivity contribution in [1.29, 1.82) is 0 Å². The van der Waals surface area contributed by atoms with Crippen LogP contribution in [0.4, 0.5) is 4.79 Å². The maximum Gasteiger partial charge on any atom is 0.344 e. The monoisotopic (exact) mass is 484 g/mol. The van der Waals surface area contributed by atoms with Gasteiger partial charge in [0, 0.05) is 18.7 Å². The van der Waals surface area contributed by atoms with Crippen molar-refractivity contribution in [2.75, 3.05) is 13.1 Å². The minimum Gasteiger partial charge on any atom is -0.318 e. The number of rotatable bonds is 6. The van der Waals surface area contributed by atoms with E-state index in [-0.39, 0.29) is 10.5 Å². The number of imide groups is 1. The van der Waals surface area contributed by atoms with Crippen LogP contribution in [0, 0.1) is 0 Å². The van der Waals surface area contributed by atoms with E-state index in [4.69, 9.17) is 0 Å². The lowest BCUT2D eigenvalue weighted by Crippen LogP contribution is -2.48. The maximum absolute atomic E-state index is 13.2. The molecule has 0 aliphatic carbocycles. The van der Waals surface area contributed by atoms with Crippen molar-refractivity contribution in [3.8, 4) is 0 Å². The van der Waals surface area contributed by atoms with Crippen LogP contribution in [-0.2, 0) is 20.4 Å². The summed E-state index contributed by atoms with van der Waals surface area (Å²) in [6.07, 6.45) is 3.98. The third-order valence-electron chi connectivity index (χ3n) is 6.42. The molecule has 0 saturated carbocycles. The van der Waals surface area contributed by atoms with Gasteiger partial charge in [0.1, 0.15) is 5.54 Å².